The summed E-state index contributed by atoms with van der Waals surface area (Å²) < 4.78 is 1.01. The highest BCUT2D eigenvalue weighted by Crippen LogP contribution is 2.30. The van der Waals surface area contributed by atoms with Gasteiger partial charge in [0, 0.05) is 5.02 Å². The van der Waals surface area contributed by atoms with E-state index in [4.69, 9.17) is 11.6 Å². The molecule has 2 heterocycles. The van der Waals surface area contributed by atoms with Gasteiger partial charge >= 0.3 is 0 Å². The Morgan fingerprint density at radius 3 is 2.78 bits per heavy atom. The standard InChI is InChI=1S/C15H10BrClN4OS/c16-14-6-5-13(23-14)11-7-12(20-19-11)15(22)21-18-8-9-1-3-10(17)4-2-9/h1-8H,(H,19,20)(H,21,22)/b18-8+. The molecule has 1 aromatic carbocycles. The van der Waals surface area contributed by atoms with Crippen molar-refractivity contribution in [1.29, 1.82) is 0 Å². The number of amides is 1. The molecule has 0 aliphatic heterocycles. The highest BCUT2D eigenvalue weighted by Gasteiger charge is 2.11. The number of benzene rings is 1. The predicted molar refractivity (Wildman–Crippen MR) is 96.1 cm³/mol. The maximum absolute atomic E-state index is 12.0. The first-order chi connectivity index (χ1) is 11.1. The van der Waals surface area contributed by atoms with Gasteiger partial charge in [-0.05, 0) is 51.8 Å². The Labute approximate surface area is 149 Å². The number of aromatic nitrogens is 2. The third-order valence-electron chi connectivity index (χ3n) is 2.90. The van der Waals surface area contributed by atoms with Gasteiger partial charge in [0.05, 0.1) is 20.6 Å². The van der Waals surface area contributed by atoms with Crippen molar-refractivity contribution in [3.8, 4) is 10.6 Å². The molecule has 0 saturated heterocycles. The van der Waals surface area contributed by atoms with Crippen molar-refractivity contribution in [1.82, 2.24) is 15.6 Å². The lowest BCUT2D eigenvalue weighted by molar-refractivity contribution is 0.0950. The zero-order valence-electron chi connectivity index (χ0n) is 11.6. The lowest BCUT2D eigenvalue weighted by Gasteiger charge is -1.95. The van der Waals surface area contributed by atoms with E-state index in [0.29, 0.717) is 5.02 Å². The summed E-state index contributed by atoms with van der Waals surface area (Å²) >= 11 is 10.8. The normalized spacial score (nSPS) is 11.0. The Morgan fingerprint density at radius 1 is 1.30 bits per heavy atom. The summed E-state index contributed by atoms with van der Waals surface area (Å²) in [5, 5.41) is 11.4. The van der Waals surface area contributed by atoms with Gasteiger partial charge in [0.1, 0.15) is 0 Å². The predicted octanol–water partition coefficient (Wildman–Crippen LogP) is 4.32. The van der Waals surface area contributed by atoms with Gasteiger partial charge in [-0.2, -0.15) is 10.2 Å². The Bertz CT molecular complexity index is 857. The van der Waals surface area contributed by atoms with E-state index < -0.39 is 0 Å². The van der Waals surface area contributed by atoms with E-state index in [0.717, 1.165) is 19.9 Å². The van der Waals surface area contributed by atoms with Gasteiger partial charge in [-0.25, -0.2) is 5.43 Å². The van der Waals surface area contributed by atoms with Crippen molar-refractivity contribution >= 4 is 51.0 Å². The SMILES string of the molecule is O=C(N/N=C/c1ccc(Cl)cc1)c1cc(-c2ccc(Br)s2)[nH]n1. The molecule has 5 nitrogen and oxygen atoms in total. The molecule has 0 radical (unpaired) electrons. The van der Waals surface area contributed by atoms with Crippen molar-refractivity contribution in [2.45, 2.75) is 0 Å². The van der Waals surface area contributed by atoms with E-state index in [1.165, 1.54) is 6.21 Å². The van der Waals surface area contributed by atoms with Crippen LogP contribution < -0.4 is 5.43 Å². The number of H-pyrrole nitrogens is 1. The Hall–Kier alpha value is -1.96. The van der Waals surface area contributed by atoms with Crippen LogP contribution in [0.5, 0.6) is 0 Å². The number of carbonyl (C=O) groups excluding carboxylic acids is 1. The van der Waals surface area contributed by atoms with Crippen LogP contribution in [0.25, 0.3) is 10.6 Å². The van der Waals surface area contributed by atoms with Crippen LogP contribution >= 0.6 is 38.9 Å². The summed E-state index contributed by atoms with van der Waals surface area (Å²) in [6.07, 6.45) is 1.54. The number of aromatic amines is 1. The van der Waals surface area contributed by atoms with E-state index in [-0.39, 0.29) is 11.6 Å². The van der Waals surface area contributed by atoms with Crippen LogP contribution in [0, 0.1) is 0 Å². The summed E-state index contributed by atoms with van der Waals surface area (Å²) in [5.74, 6) is -0.381. The fraction of sp³-hybridized carbons (Fsp3) is 0. The zero-order valence-corrected chi connectivity index (χ0v) is 14.7. The second kappa shape index (κ2) is 7.08. The maximum atomic E-state index is 12.0. The summed E-state index contributed by atoms with van der Waals surface area (Å²) in [6, 6.07) is 12.7. The summed E-state index contributed by atoms with van der Waals surface area (Å²) in [7, 11) is 0. The molecular formula is C15H10BrClN4OS. The third-order valence-corrected chi connectivity index (χ3v) is 4.81. The number of nitrogens with zero attached hydrogens (tertiary/aromatic N) is 2. The fourth-order valence-electron chi connectivity index (χ4n) is 1.79. The van der Waals surface area contributed by atoms with E-state index in [9.17, 15) is 4.79 Å². The van der Waals surface area contributed by atoms with Crippen LogP contribution in [0.3, 0.4) is 0 Å². The Morgan fingerprint density at radius 2 is 2.09 bits per heavy atom. The first kappa shape index (κ1) is 15.9. The number of carbonyl (C=O) groups is 1. The molecule has 2 N–H and O–H groups in total. The molecule has 0 spiro atoms. The number of thiophene rings is 1. The van der Waals surface area contributed by atoms with Gasteiger partial charge < -0.3 is 0 Å². The Balaban J connectivity index is 1.64. The number of hydrazone groups is 1. The molecule has 0 unspecified atom stereocenters. The molecule has 3 aromatic rings. The van der Waals surface area contributed by atoms with E-state index >= 15 is 0 Å². The molecule has 2 aromatic heterocycles. The van der Waals surface area contributed by atoms with Crippen molar-refractivity contribution in [2.24, 2.45) is 5.10 Å². The second-order valence-electron chi connectivity index (χ2n) is 4.52. The number of nitrogens with one attached hydrogen (secondary N) is 2. The molecule has 0 aliphatic carbocycles. The van der Waals surface area contributed by atoms with E-state index in [1.807, 2.05) is 12.1 Å². The van der Waals surface area contributed by atoms with Gasteiger partial charge in [0.15, 0.2) is 5.69 Å². The van der Waals surface area contributed by atoms with Crippen LogP contribution in [0.4, 0.5) is 0 Å². The molecule has 0 aliphatic rings. The molecule has 0 bridgehead atoms. The van der Waals surface area contributed by atoms with E-state index in [1.54, 1.807) is 41.7 Å². The molecular weight excluding hydrogens is 400 g/mol. The molecule has 0 fully saturated rings. The zero-order chi connectivity index (χ0) is 16.2. The molecule has 1 amide bonds. The molecule has 3 rings (SSSR count). The van der Waals surface area contributed by atoms with Gasteiger partial charge in [-0.3, -0.25) is 9.89 Å². The smallest absolute Gasteiger partial charge is 0.276 e. The van der Waals surface area contributed by atoms with E-state index in [2.05, 4.69) is 36.7 Å². The first-order valence-corrected chi connectivity index (χ1v) is 8.50. The largest absolute Gasteiger partial charge is 0.291 e. The minimum Gasteiger partial charge on any atom is -0.276 e. The van der Waals surface area contributed by atoms with Crippen molar-refractivity contribution < 1.29 is 4.79 Å². The maximum Gasteiger partial charge on any atom is 0.291 e. The van der Waals surface area contributed by atoms with Crippen LogP contribution in [0.15, 0.2) is 51.4 Å². The van der Waals surface area contributed by atoms with Crippen LogP contribution in [0.1, 0.15) is 16.1 Å². The first-order valence-electron chi connectivity index (χ1n) is 6.52. The fourth-order valence-corrected chi connectivity index (χ4v) is 3.27. The highest BCUT2D eigenvalue weighted by atomic mass is 79.9. The topological polar surface area (TPSA) is 70.1 Å². The summed E-state index contributed by atoms with van der Waals surface area (Å²) in [4.78, 5) is 13.0. The van der Waals surface area contributed by atoms with Gasteiger partial charge in [-0.1, -0.05) is 23.7 Å². The second-order valence-corrected chi connectivity index (χ2v) is 7.42. The lowest BCUT2D eigenvalue weighted by atomic mass is 10.2. The van der Waals surface area contributed by atoms with Gasteiger partial charge in [0.25, 0.3) is 5.91 Å². The van der Waals surface area contributed by atoms with Gasteiger partial charge in [-0.15, -0.1) is 11.3 Å². The van der Waals surface area contributed by atoms with Gasteiger partial charge in [0.2, 0.25) is 0 Å². The quantitative estimate of drug-likeness (QED) is 0.498. The molecule has 0 saturated carbocycles. The monoisotopic (exact) mass is 408 g/mol. The van der Waals surface area contributed by atoms with Crippen LogP contribution in [0.2, 0.25) is 5.02 Å². The number of hydrogen-bond acceptors (Lipinski definition) is 4. The third kappa shape index (κ3) is 4.07. The molecule has 8 heteroatoms. The minimum atomic E-state index is -0.381. The summed E-state index contributed by atoms with van der Waals surface area (Å²) in [6.45, 7) is 0. The number of halogens is 2. The molecule has 0 atom stereocenters. The van der Waals surface area contributed by atoms with Crippen LogP contribution in [-0.4, -0.2) is 22.3 Å². The van der Waals surface area contributed by atoms with Crippen molar-refractivity contribution in [3.63, 3.8) is 0 Å². The Kier molecular flexibility index (Phi) is 4.90. The van der Waals surface area contributed by atoms with Crippen LogP contribution in [-0.2, 0) is 0 Å². The highest BCUT2D eigenvalue weighted by molar-refractivity contribution is 9.11. The van der Waals surface area contributed by atoms with Crippen molar-refractivity contribution in [2.75, 3.05) is 0 Å². The molecule has 23 heavy (non-hydrogen) atoms. The number of hydrogen-bond donors (Lipinski definition) is 2. The summed E-state index contributed by atoms with van der Waals surface area (Å²) in [5.41, 5.74) is 4.34. The van der Waals surface area contributed by atoms with Crippen molar-refractivity contribution in [3.05, 3.63) is 62.5 Å². The number of rotatable bonds is 4. The molecule has 116 valence electrons. The minimum absolute atomic E-state index is 0.276. The average Bonchev–Trinajstić information content (AvgIpc) is 3.18. The average molecular weight is 410 g/mol. The lowest BCUT2D eigenvalue weighted by Crippen LogP contribution is -2.17.